The van der Waals surface area contributed by atoms with Gasteiger partial charge >= 0.3 is 0 Å². The highest BCUT2D eigenvalue weighted by atomic mass is 32.2. The van der Waals surface area contributed by atoms with Crippen LogP contribution in [0.5, 0.6) is 0 Å². The van der Waals surface area contributed by atoms with E-state index in [1.807, 2.05) is 6.07 Å². The van der Waals surface area contributed by atoms with Gasteiger partial charge in [0.25, 0.3) is 10.0 Å². The molecule has 0 aliphatic heterocycles. The predicted octanol–water partition coefficient (Wildman–Crippen LogP) is 3.50. The first-order valence-corrected chi connectivity index (χ1v) is 14.2. The second-order valence-corrected chi connectivity index (χ2v) is 12.4. The molecule has 0 radical (unpaired) electrons. The van der Waals surface area contributed by atoms with Gasteiger partial charge in [-0.15, -0.1) is 11.3 Å². The number of primary amides is 1. The zero-order valence-electron chi connectivity index (χ0n) is 18.3. The van der Waals surface area contributed by atoms with Crippen LogP contribution >= 0.6 is 11.3 Å². The molecule has 0 bridgehead atoms. The fourth-order valence-corrected chi connectivity index (χ4v) is 6.93. The zero-order valence-corrected chi connectivity index (χ0v) is 20.7. The molecule has 0 saturated heterocycles. The number of sulfonamides is 1. The van der Waals surface area contributed by atoms with Crippen LogP contribution in [0.2, 0.25) is 0 Å². The molecule has 0 saturated carbocycles. The number of benzene rings is 3. The Balaban J connectivity index is 1.79. The Kier molecular flexibility index (Phi) is 6.19. The van der Waals surface area contributed by atoms with Gasteiger partial charge in [-0.2, -0.15) is 0 Å². The number of rotatable bonds is 7. The summed E-state index contributed by atoms with van der Waals surface area (Å²) in [6.07, 6.45) is 0.993. The number of nitrogens with zero attached hydrogens (tertiary/aromatic N) is 1. The Morgan fingerprint density at radius 2 is 1.71 bits per heavy atom. The summed E-state index contributed by atoms with van der Waals surface area (Å²) in [5, 5.41) is 1.79. The van der Waals surface area contributed by atoms with Crippen molar-refractivity contribution in [1.29, 1.82) is 0 Å². The summed E-state index contributed by atoms with van der Waals surface area (Å²) in [6, 6.07) is 16.4. The van der Waals surface area contributed by atoms with Gasteiger partial charge in [0.2, 0.25) is 5.91 Å². The molecule has 0 fully saturated rings. The van der Waals surface area contributed by atoms with E-state index < -0.39 is 25.8 Å². The predicted molar refractivity (Wildman–Crippen MR) is 133 cm³/mol. The van der Waals surface area contributed by atoms with Gasteiger partial charge in [-0.25, -0.2) is 21.8 Å². The highest BCUT2D eigenvalue weighted by Crippen LogP contribution is 2.35. The molecule has 8 nitrogen and oxygen atoms in total. The van der Waals surface area contributed by atoms with Crippen molar-refractivity contribution in [3.63, 3.8) is 0 Å². The van der Waals surface area contributed by atoms with E-state index in [2.05, 4.69) is 9.71 Å². The van der Waals surface area contributed by atoms with Crippen molar-refractivity contribution in [2.24, 2.45) is 5.73 Å². The van der Waals surface area contributed by atoms with Gasteiger partial charge in [0.15, 0.2) is 9.84 Å². The summed E-state index contributed by atoms with van der Waals surface area (Å²) in [5.41, 5.74) is 6.35. The molecule has 1 heterocycles. The summed E-state index contributed by atoms with van der Waals surface area (Å²) in [4.78, 5) is 16.1. The quantitative estimate of drug-likeness (QED) is 0.387. The maximum atomic E-state index is 13.3. The van der Waals surface area contributed by atoms with Gasteiger partial charge in [-0.1, -0.05) is 42.5 Å². The van der Waals surface area contributed by atoms with E-state index in [1.54, 1.807) is 43.3 Å². The third-order valence-electron chi connectivity index (χ3n) is 5.09. The first-order chi connectivity index (χ1) is 16.0. The molecule has 1 amide bonds. The first kappa shape index (κ1) is 23.9. The average molecular weight is 516 g/mol. The van der Waals surface area contributed by atoms with E-state index in [0.29, 0.717) is 26.5 Å². The number of sulfone groups is 1. The lowest BCUT2D eigenvalue weighted by atomic mass is 10.1. The van der Waals surface area contributed by atoms with Crippen LogP contribution in [-0.2, 0) is 31.1 Å². The number of fused-ring (bicyclic) bond motifs is 1. The number of nitrogens with two attached hydrogens (primary N) is 1. The second kappa shape index (κ2) is 8.82. The molecule has 4 aromatic rings. The molecular weight excluding hydrogens is 494 g/mol. The summed E-state index contributed by atoms with van der Waals surface area (Å²) in [7, 11) is -7.90. The molecule has 3 N–H and O–H groups in total. The van der Waals surface area contributed by atoms with Crippen LogP contribution in [0, 0.1) is 6.92 Å². The first-order valence-electron chi connectivity index (χ1n) is 10.1. The fourth-order valence-electron chi connectivity index (χ4n) is 3.63. The van der Waals surface area contributed by atoms with Crippen LogP contribution < -0.4 is 10.5 Å². The normalized spacial score (nSPS) is 12.1. The van der Waals surface area contributed by atoms with Gasteiger partial charge in [-0.05, 0) is 36.1 Å². The van der Waals surface area contributed by atoms with E-state index in [0.717, 1.165) is 11.6 Å². The number of carbonyl (C=O) groups excluding carboxylic acids is 1. The van der Waals surface area contributed by atoms with Crippen LogP contribution in [0.4, 0.5) is 5.69 Å². The Morgan fingerprint density at radius 1 is 1.00 bits per heavy atom. The summed E-state index contributed by atoms with van der Waals surface area (Å²) in [6.45, 7) is 1.74. The minimum absolute atomic E-state index is 0.0205. The molecule has 0 aliphatic carbocycles. The Labute approximate surface area is 201 Å². The average Bonchev–Trinajstić information content (AvgIpc) is 3.11. The van der Waals surface area contributed by atoms with Gasteiger partial charge in [0.1, 0.15) is 5.01 Å². The number of aryl methyl sites for hydroxylation is 1. The van der Waals surface area contributed by atoms with E-state index in [9.17, 15) is 21.6 Å². The molecule has 4 rings (SSSR count). The fraction of sp³-hybridized carbons (Fsp3) is 0.130. The van der Waals surface area contributed by atoms with Gasteiger partial charge in [0, 0.05) is 11.6 Å². The number of amides is 1. The summed E-state index contributed by atoms with van der Waals surface area (Å²) in [5.74, 6) is -0.518. The topological polar surface area (TPSA) is 136 Å². The molecule has 0 atom stereocenters. The molecule has 176 valence electrons. The molecule has 0 unspecified atom stereocenters. The summed E-state index contributed by atoms with van der Waals surface area (Å²) >= 11 is 1.23. The Morgan fingerprint density at radius 3 is 2.41 bits per heavy atom. The van der Waals surface area contributed by atoms with Crippen molar-refractivity contribution in [3.05, 3.63) is 71.4 Å². The number of hydrogen-bond acceptors (Lipinski definition) is 7. The SMILES string of the molecule is Cc1nc(CC(N)=O)sc1-c1ccc(NS(=O)(=O)c2cccc3ccccc23)c(S(C)(=O)=O)c1. The lowest BCUT2D eigenvalue weighted by Crippen LogP contribution is -2.16. The van der Waals surface area contributed by atoms with E-state index in [1.165, 1.54) is 29.5 Å². The van der Waals surface area contributed by atoms with Gasteiger partial charge in [0.05, 0.1) is 32.5 Å². The standard InChI is InChI=1S/C23H21N3O5S3/c1-14-23(32-22(25-14)13-21(24)27)16-10-11-18(20(12-16)33(2,28)29)26-34(30,31)19-9-5-7-15-6-3-4-8-17(15)19/h3-12,26H,13H2,1-2H3,(H2,24,27). The van der Waals surface area contributed by atoms with Crippen LogP contribution in [0.15, 0.2) is 70.5 Å². The Hall–Kier alpha value is -3.28. The van der Waals surface area contributed by atoms with Crippen LogP contribution in [0.3, 0.4) is 0 Å². The van der Waals surface area contributed by atoms with Crippen molar-refractivity contribution in [3.8, 4) is 10.4 Å². The molecule has 34 heavy (non-hydrogen) atoms. The van der Waals surface area contributed by atoms with E-state index >= 15 is 0 Å². The van der Waals surface area contributed by atoms with Crippen molar-refractivity contribution >= 4 is 53.6 Å². The second-order valence-electron chi connectivity index (χ2n) is 7.73. The summed E-state index contributed by atoms with van der Waals surface area (Å²) < 4.78 is 54.1. The third kappa shape index (κ3) is 4.81. The zero-order chi connectivity index (χ0) is 24.7. The van der Waals surface area contributed by atoms with Crippen molar-refractivity contribution in [1.82, 2.24) is 4.98 Å². The molecule has 0 aliphatic rings. The molecule has 3 aromatic carbocycles. The largest absolute Gasteiger partial charge is 0.369 e. The number of carbonyl (C=O) groups is 1. The number of anilines is 1. The number of aromatic nitrogens is 1. The third-order valence-corrected chi connectivity index (χ3v) is 8.86. The monoisotopic (exact) mass is 515 g/mol. The highest BCUT2D eigenvalue weighted by Gasteiger charge is 2.23. The molecular formula is C23H21N3O5S3. The number of nitrogens with one attached hydrogen (secondary N) is 1. The van der Waals surface area contributed by atoms with E-state index in [4.69, 9.17) is 5.73 Å². The maximum absolute atomic E-state index is 13.3. The lowest BCUT2D eigenvalue weighted by molar-refractivity contribution is -0.117. The van der Waals surface area contributed by atoms with Crippen LogP contribution in [-0.4, -0.2) is 34.0 Å². The van der Waals surface area contributed by atoms with Gasteiger partial charge < -0.3 is 5.73 Å². The van der Waals surface area contributed by atoms with Crippen LogP contribution in [0.25, 0.3) is 21.2 Å². The number of hydrogen-bond donors (Lipinski definition) is 2. The minimum Gasteiger partial charge on any atom is -0.369 e. The minimum atomic E-state index is -4.09. The lowest BCUT2D eigenvalue weighted by Gasteiger charge is -2.14. The maximum Gasteiger partial charge on any atom is 0.262 e. The highest BCUT2D eigenvalue weighted by molar-refractivity contribution is 7.93. The van der Waals surface area contributed by atoms with Crippen LogP contribution in [0.1, 0.15) is 10.7 Å². The molecule has 11 heteroatoms. The smallest absolute Gasteiger partial charge is 0.262 e. The van der Waals surface area contributed by atoms with Crippen molar-refractivity contribution in [2.45, 2.75) is 23.1 Å². The van der Waals surface area contributed by atoms with Crippen molar-refractivity contribution < 1.29 is 21.6 Å². The van der Waals surface area contributed by atoms with E-state index in [-0.39, 0.29) is 21.9 Å². The molecule has 1 aromatic heterocycles. The Bertz CT molecular complexity index is 1640. The van der Waals surface area contributed by atoms with Crippen molar-refractivity contribution in [2.75, 3.05) is 11.0 Å². The molecule has 0 spiro atoms. The number of thiazole rings is 1. The van der Waals surface area contributed by atoms with Gasteiger partial charge in [-0.3, -0.25) is 9.52 Å².